The minimum atomic E-state index is -0.113. The van der Waals surface area contributed by atoms with Crippen molar-refractivity contribution >= 4 is 34.3 Å². The van der Waals surface area contributed by atoms with Gasteiger partial charge < -0.3 is 34.7 Å². The number of anilines is 3. The van der Waals surface area contributed by atoms with E-state index in [2.05, 4.69) is 49.8 Å². The summed E-state index contributed by atoms with van der Waals surface area (Å²) in [6, 6.07) is 13.8. The molecule has 10 nitrogen and oxygen atoms in total. The molecule has 39 heavy (non-hydrogen) atoms. The number of piperidine rings is 1. The van der Waals surface area contributed by atoms with E-state index in [0.29, 0.717) is 42.0 Å². The van der Waals surface area contributed by atoms with Gasteiger partial charge in [0.1, 0.15) is 5.82 Å². The van der Waals surface area contributed by atoms with E-state index in [1.54, 1.807) is 39.7 Å². The number of aryl methyl sites for hydroxylation is 1. The molecule has 1 aliphatic rings. The summed E-state index contributed by atoms with van der Waals surface area (Å²) in [6.45, 7) is 3.97. The molecule has 0 spiro atoms. The van der Waals surface area contributed by atoms with Gasteiger partial charge in [-0.2, -0.15) is 4.98 Å². The lowest BCUT2D eigenvalue weighted by Crippen LogP contribution is -2.43. The number of nitrogens with one attached hydrogen (secondary N) is 3. The summed E-state index contributed by atoms with van der Waals surface area (Å²) >= 11 is 0. The zero-order valence-corrected chi connectivity index (χ0v) is 22.7. The summed E-state index contributed by atoms with van der Waals surface area (Å²) in [5, 5.41) is 7.51. The second kappa shape index (κ2) is 11.5. The molecule has 0 unspecified atom stereocenters. The Bertz CT molecular complexity index is 1440. The van der Waals surface area contributed by atoms with Crippen LogP contribution in [0.15, 0.2) is 48.7 Å². The second-order valence-corrected chi connectivity index (χ2v) is 9.65. The average Bonchev–Trinajstić information content (AvgIpc) is 3.34. The number of carbonyl (C=O) groups is 1. The van der Waals surface area contributed by atoms with Gasteiger partial charge in [-0.3, -0.25) is 4.79 Å². The van der Waals surface area contributed by atoms with Gasteiger partial charge in [0, 0.05) is 54.9 Å². The monoisotopic (exact) mass is 530 g/mol. The summed E-state index contributed by atoms with van der Waals surface area (Å²) in [5.74, 6) is 2.73. The van der Waals surface area contributed by atoms with E-state index >= 15 is 0 Å². The number of hydrogen-bond donors (Lipinski definition) is 3. The lowest BCUT2D eigenvalue weighted by molar-refractivity contribution is -0.125. The van der Waals surface area contributed by atoms with Gasteiger partial charge in [-0.1, -0.05) is 6.07 Å². The first kappa shape index (κ1) is 26.1. The van der Waals surface area contributed by atoms with Crippen LogP contribution in [0.4, 0.5) is 17.5 Å². The van der Waals surface area contributed by atoms with Crippen LogP contribution >= 0.6 is 0 Å². The molecule has 3 N–H and O–H groups in total. The SMILES string of the molecule is COc1cc(Nc2nccc(N3CCC[C@H](C(=O)NCc4ccc5[nH]c(C)cc5c4)C3)n2)cc(OC)c1OC. The van der Waals surface area contributed by atoms with Crippen LogP contribution in [0.25, 0.3) is 10.9 Å². The van der Waals surface area contributed by atoms with Gasteiger partial charge in [0.2, 0.25) is 17.6 Å². The Hall–Kier alpha value is -4.47. The Labute approximate surface area is 227 Å². The minimum Gasteiger partial charge on any atom is -0.493 e. The smallest absolute Gasteiger partial charge is 0.229 e. The summed E-state index contributed by atoms with van der Waals surface area (Å²) in [5.41, 5.74) is 4.01. The highest BCUT2D eigenvalue weighted by molar-refractivity contribution is 5.82. The minimum absolute atomic E-state index is 0.0647. The van der Waals surface area contributed by atoms with Crippen LogP contribution < -0.4 is 29.7 Å². The van der Waals surface area contributed by atoms with Gasteiger partial charge in [-0.05, 0) is 55.0 Å². The van der Waals surface area contributed by atoms with Crippen molar-refractivity contribution in [2.24, 2.45) is 5.92 Å². The van der Waals surface area contributed by atoms with E-state index in [4.69, 9.17) is 19.2 Å². The topological polar surface area (TPSA) is 114 Å². The number of aromatic nitrogens is 3. The molecule has 1 fully saturated rings. The number of nitrogens with zero attached hydrogens (tertiary/aromatic N) is 3. The standard InChI is InChI=1S/C29H34N6O4/c1-18-12-21-13-19(7-8-23(21)32-18)16-31-28(36)20-6-5-11-35(17-20)26-9-10-30-29(34-26)33-22-14-24(37-2)27(39-4)25(15-22)38-3/h7-10,12-15,20,32H,5-6,11,16-17H2,1-4H3,(H,31,36)(H,30,33,34)/t20-/m0/s1. The Morgan fingerprint density at radius 3 is 2.62 bits per heavy atom. The third-order valence-corrected chi connectivity index (χ3v) is 6.96. The molecule has 1 saturated heterocycles. The fraction of sp³-hybridized carbons (Fsp3) is 0.345. The fourth-order valence-electron chi connectivity index (χ4n) is 5.04. The summed E-state index contributed by atoms with van der Waals surface area (Å²) in [6.07, 6.45) is 3.47. The molecular weight excluding hydrogens is 496 g/mol. The number of H-pyrrole nitrogens is 1. The number of rotatable bonds is 9. The predicted octanol–water partition coefficient (Wildman–Crippen LogP) is 4.57. The molecule has 0 radical (unpaired) electrons. The summed E-state index contributed by atoms with van der Waals surface area (Å²) < 4.78 is 16.3. The first-order valence-corrected chi connectivity index (χ1v) is 13.0. The molecule has 2 aromatic carbocycles. The Kier molecular flexibility index (Phi) is 7.72. The zero-order chi connectivity index (χ0) is 27.4. The van der Waals surface area contributed by atoms with E-state index in [9.17, 15) is 4.79 Å². The molecule has 1 atom stereocenters. The highest BCUT2D eigenvalue weighted by Crippen LogP contribution is 2.40. The van der Waals surface area contributed by atoms with Gasteiger partial charge in [0.05, 0.1) is 27.2 Å². The molecule has 0 aliphatic carbocycles. The van der Waals surface area contributed by atoms with E-state index in [1.165, 1.54) is 0 Å². The summed E-state index contributed by atoms with van der Waals surface area (Å²) in [7, 11) is 4.71. The predicted molar refractivity (Wildman–Crippen MR) is 151 cm³/mol. The zero-order valence-electron chi connectivity index (χ0n) is 22.7. The van der Waals surface area contributed by atoms with E-state index in [0.717, 1.165) is 47.4 Å². The van der Waals surface area contributed by atoms with Gasteiger partial charge >= 0.3 is 0 Å². The van der Waals surface area contributed by atoms with Crippen molar-refractivity contribution in [3.63, 3.8) is 0 Å². The maximum absolute atomic E-state index is 13.1. The molecule has 10 heteroatoms. The highest BCUT2D eigenvalue weighted by atomic mass is 16.5. The Morgan fingerprint density at radius 2 is 1.87 bits per heavy atom. The number of benzene rings is 2. The van der Waals surface area contributed by atoms with Crippen molar-refractivity contribution < 1.29 is 19.0 Å². The molecule has 4 aromatic rings. The maximum Gasteiger partial charge on any atom is 0.229 e. The lowest BCUT2D eigenvalue weighted by Gasteiger charge is -2.33. The number of carbonyl (C=O) groups excluding carboxylic acids is 1. The number of hydrogen-bond acceptors (Lipinski definition) is 8. The third kappa shape index (κ3) is 5.84. The van der Waals surface area contributed by atoms with Crippen molar-refractivity contribution in [3.05, 3.63) is 59.9 Å². The number of amides is 1. The number of aromatic amines is 1. The third-order valence-electron chi connectivity index (χ3n) is 6.96. The molecule has 2 aromatic heterocycles. The van der Waals surface area contributed by atoms with Gasteiger partial charge in [0.15, 0.2) is 11.5 Å². The van der Waals surface area contributed by atoms with E-state index in [1.807, 2.05) is 13.0 Å². The van der Waals surface area contributed by atoms with Crippen LogP contribution in [0.1, 0.15) is 24.1 Å². The van der Waals surface area contributed by atoms with Crippen molar-refractivity contribution in [2.75, 3.05) is 44.6 Å². The Morgan fingerprint density at radius 1 is 1.08 bits per heavy atom. The molecule has 5 rings (SSSR count). The molecule has 1 aliphatic heterocycles. The molecule has 1 amide bonds. The van der Waals surface area contributed by atoms with Crippen molar-refractivity contribution in [1.82, 2.24) is 20.3 Å². The number of methoxy groups -OCH3 is 3. The van der Waals surface area contributed by atoms with Gasteiger partial charge in [-0.25, -0.2) is 4.98 Å². The maximum atomic E-state index is 13.1. The number of ether oxygens (including phenoxy) is 3. The van der Waals surface area contributed by atoms with Gasteiger partial charge in [-0.15, -0.1) is 0 Å². The van der Waals surface area contributed by atoms with Crippen LogP contribution in [0.5, 0.6) is 17.2 Å². The molecule has 0 saturated carbocycles. The lowest BCUT2D eigenvalue weighted by atomic mass is 9.97. The van der Waals surface area contributed by atoms with Crippen LogP contribution in [0.2, 0.25) is 0 Å². The normalized spacial score (nSPS) is 15.2. The van der Waals surface area contributed by atoms with E-state index in [-0.39, 0.29) is 11.8 Å². The van der Waals surface area contributed by atoms with Crippen LogP contribution in [0.3, 0.4) is 0 Å². The summed E-state index contributed by atoms with van der Waals surface area (Å²) in [4.78, 5) is 27.6. The largest absolute Gasteiger partial charge is 0.493 e. The molecule has 3 heterocycles. The first-order valence-electron chi connectivity index (χ1n) is 13.0. The number of fused-ring (bicyclic) bond motifs is 1. The van der Waals surface area contributed by atoms with Crippen LogP contribution in [0, 0.1) is 12.8 Å². The first-order chi connectivity index (χ1) is 19.0. The quantitative estimate of drug-likeness (QED) is 0.288. The van der Waals surface area contributed by atoms with Crippen molar-refractivity contribution in [1.29, 1.82) is 0 Å². The second-order valence-electron chi connectivity index (χ2n) is 9.65. The Balaban J connectivity index is 1.23. The molecular formula is C29H34N6O4. The van der Waals surface area contributed by atoms with Crippen LogP contribution in [-0.2, 0) is 11.3 Å². The van der Waals surface area contributed by atoms with Gasteiger partial charge in [0.25, 0.3) is 0 Å². The van der Waals surface area contributed by atoms with Crippen molar-refractivity contribution in [2.45, 2.75) is 26.3 Å². The fourth-order valence-corrected chi connectivity index (χ4v) is 5.04. The molecule has 0 bridgehead atoms. The molecule has 204 valence electrons. The van der Waals surface area contributed by atoms with Crippen molar-refractivity contribution in [3.8, 4) is 17.2 Å². The van der Waals surface area contributed by atoms with Crippen LogP contribution in [-0.4, -0.2) is 55.3 Å². The van der Waals surface area contributed by atoms with E-state index < -0.39 is 0 Å². The average molecular weight is 531 g/mol. The highest BCUT2D eigenvalue weighted by Gasteiger charge is 2.26.